The minimum atomic E-state index is -0.595. The van der Waals surface area contributed by atoms with Crippen molar-refractivity contribution in [2.24, 2.45) is 5.92 Å². The number of likely N-dealkylation sites (tertiary alicyclic amines) is 1. The second-order valence-corrected chi connectivity index (χ2v) is 8.18. The fourth-order valence-electron chi connectivity index (χ4n) is 4.51. The Balaban J connectivity index is 1.61. The first-order valence-electron chi connectivity index (χ1n) is 10.6. The van der Waals surface area contributed by atoms with E-state index in [1.54, 1.807) is 0 Å². The standard InChI is InChI=1S/C23H33N3O4/c1-5-30-26-21(27)17-20(22(28)29-4)23(26)12-15-25(16-13-23)14-6-7-18-8-10-19(11-9-18)24(2)3/h6-11,20H,5,12-17H2,1-4H3/b7-6+. The van der Waals surface area contributed by atoms with E-state index >= 15 is 0 Å². The summed E-state index contributed by atoms with van der Waals surface area (Å²) in [5.41, 5.74) is 1.75. The zero-order valence-electron chi connectivity index (χ0n) is 18.5. The Morgan fingerprint density at radius 2 is 1.90 bits per heavy atom. The molecule has 2 saturated heterocycles. The van der Waals surface area contributed by atoms with Crippen molar-refractivity contribution in [2.45, 2.75) is 31.7 Å². The Morgan fingerprint density at radius 3 is 2.47 bits per heavy atom. The number of rotatable bonds is 7. The molecule has 0 saturated carbocycles. The van der Waals surface area contributed by atoms with E-state index in [1.807, 2.05) is 21.0 Å². The first kappa shape index (κ1) is 22.3. The Hall–Kier alpha value is -2.38. The van der Waals surface area contributed by atoms with Gasteiger partial charge >= 0.3 is 5.97 Å². The van der Waals surface area contributed by atoms with Gasteiger partial charge in [0.05, 0.1) is 25.2 Å². The molecule has 2 fully saturated rings. The Kier molecular flexibility index (Phi) is 7.15. The lowest BCUT2D eigenvalue weighted by molar-refractivity contribution is -0.221. The monoisotopic (exact) mass is 415 g/mol. The summed E-state index contributed by atoms with van der Waals surface area (Å²) in [5, 5.41) is 1.48. The van der Waals surface area contributed by atoms with Crippen molar-refractivity contribution in [1.82, 2.24) is 9.96 Å². The third-order valence-electron chi connectivity index (χ3n) is 6.21. The second-order valence-electron chi connectivity index (χ2n) is 8.18. The maximum atomic E-state index is 12.5. The van der Waals surface area contributed by atoms with Crippen molar-refractivity contribution in [2.75, 3.05) is 52.3 Å². The van der Waals surface area contributed by atoms with Gasteiger partial charge in [-0.1, -0.05) is 24.3 Å². The highest BCUT2D eigenvalue weighted by atomic mass is 16.7. The molecule has 1 spiro atoms. The number of anilines is 1. The van der Waals surface area contributed by atoms with Crippen molar-refractivity contribution in [1.29, 1.82) is 0 Å². The topological polar surface area (TPSA) is 62.3 Å². The number of hydroxylamine groups is 2. The number of esters is 1. The van der Waals surface area contributed by atoms with Crippen LogP contribution in [0.1, 0.15) is 31.7 Å². The van der Waals surface area contributed by atoms with E-state index in [1.165, 1.54) is 23.4 Å². The maximum absolute atomic E-state index is 12.5. The number of nitrogens with zero attached hydrogens (tertiary/aromatic N) is 3. The molecule has 0 aromatic heterocycles. The SMILES string of the molecule is CCON1C(=O)CC(C(=O)OC)C12CCN(C/C=C/c1ccc(N(C)C)cc1)CC2. The normalized spacial score (nSPS) is 21.5. The molecule has 1 atom stereocenters. The molecule has 2 heterocycles. The maximum Gasteiger partial charge on any atom is 0.311 e. The van der Waals surface area contributed by atoms with E-state index in [-0.39, 0.29) is 18.3 Å². The van der Waals surface area contributed by atoms with E-state index in [9.17, 15) is 9.59 Å². The van der Waals surface area contributed by atoms with E-state index in [2.05, 4.69) is 46.2 Å². The van der Waals surface area contributed by atoms with Crippen LogP contribution in [0, 0.1) is 5.92 Å². The average Bonchev–Trinajstić information content (AvgIpc) is 3.01. The zero-order chi connectivity index (χ0) is 21.7. The van der Waals surface area contributed by atoms with Crippen molar-refractivity contribution < 1.29 is 19.2 Å². The Labute approximate surface area is 179 Å². The molecule has 7 heteroatoms. The number of carbonyl (C=O) groups excluding carboxylic acids is 2. The first-order valence-corrected chi connectivity index (χ1v) is 10.6. The Bertz CT molecular complexity index is 767. The van der Waals surface area contributed by atoms with Gasteiger partial charge in [-0.15, -0.1) is 0 Å². The molecule has 7 nitrogen and oxygen atoms in total. The van der Waals surface area contributed by atoms with Gasteiger partial charge in [0.15, 0.2) is 0 Å². The minimum Gasteiger partial charge on any atom is -0.469 e. The lowest BCUT2D eigenvalue weighted by Gasteiger charge is -2.45. The highest BCUT2D eigenvalue weighted by Crippen LogP contribution is 2.44. The van der Waals surface area contributed by atoms with Gasteiger partial charge in [-0.2, -0.15) is 0 Å². The number of ether oxygens (including phenoxy) is 1. The van der Waals surface area contributed by atoms with Crippen LogP contribution >= 0.6 is 0 Å². The molecule has 2 aliphatic heterocycles. The van der Waals surface area contributed by atoms with Crippen molar-refractivity contribution in [3.63, 3.8) is 0 Å². The number of hydrogen-bond donors (Lipinski definition) is 0. The molecule has 1 aromatic rings. The molecule has 1 unspecified atom stereocenters. The molecular weight excluding hydrogens is 382 g/mol. The number of methoxy groups -OCH3 is 1. The number of piperidine rings is 1. The van der Waals surface area contributed by atoms with Crippen molar-refractivity contribution in [3.8, 4) is 0 Å². The van der Waals surface area contributed by atoms with Crippen LogP contribution in [0.5, 0.6) is 0 Å². The molecule has 164 valence electrons. The molecule has 3 rings (SSSR count). The van der Waals surface area contributed by atoms with Crippen LogP contribution < -0.4 is 4.90 Å². The zero-order valence-corrected chi connectivity index (χ0v) is 18.5. The van der Waals surface area contributed by atoms with E-state index < -0.39 is 11.5 Å². The van der Waals surface area contributed by atoms with Gasteiger partial charge in [-0.3, -0.25) is 19.3 Å². The lowest BCUT2D eigenvalue weighted by Crippen LogP contribution is -2.57. The van der Waals surface area contributed by atoms with Gasteiger partial charge in [-0.05, 0) is 37.5 Å². The summed E-state index contributed by atoms with van der Waals surface area (Å²) < 4.78 is 5.00. The van der Waals surface area contributed by atoms with Gasteiger partial charge in [0.25, 0.3) is 0 Å². The summed E-state index contributed by atoms with van der Waals surface area (Å²) in [6, 6.07) is 8.44. The second kappa shape index (κ2) is 9.62. The van der Waals surface area contributed by atoms with Crippen LogP contribution in [0.2, 0.25) is 0 Å². The molecule has 1 aromatic carbocycles. The smallest absolute Gasteiger partial charge is 0.311 e. The van der Waals surface area contributed by atoms with Crippen LogP contribution in [0.15, 0.2) is 30.3 Å². The van der Waals surface area contributed by atoms with Crippen LogP contribution in [0.3, 0.4) is 0 Å². The fraction of sp³-hybridized carbons (Fsp3) is 0.565. The largest absolute Gasteiger partial charge is 0.469 e. The number of benzene rings is 1. The predicted molar refractivity (Wildman–Crippen MR) is 117 cm³/mol. The molecule has 0 radical (unpaired) electrons. The van der Waals surface area contributed by atoms with Crippen LogP contribution in [-0.2, 0) is 19.2 Å². The summed E-state index contributed by atoms with van der Waals surface area (Å²) in [7, 11) is 5.45. The molecule has 30 heavy (non-hydrogen) atoms. The third kappa shape index (κ3) is 4.52. The van der Waals surface area contributed by atoms with Crippen molar-refractivity contribution in [3.05, 3.63) is 35.9 Å². The fourth-order valence-corrected chi connectivity index (χ4v) is 4.51. The number of amides is 1. The molecule has 1 amide bonds. The highest BCUT2D eigenvalue weighted by molar-refractivity contribution is 5.88. The molecule has 0 aliphatic carbocycles. The summed E-state index contributed by atoms with van der Waals surface area (Å²) >= 11 is 0. The van der Waals surface area contributed by atoms with Crippen LogP contribution in [0.4, 0.5) is 5.69 Å². The first-order chi connectivity index (χ1) is 14.4. The molecule has 0 N–H and O–H groups in total. The average molecular weight is 416 g/mol. The van der Waals surface area contributed by atoms with E-state index in [0.29, 0.717) is 19.4 Å². The van der Waals surface area contributed by atoms with E-state index in [0.717, 1.165) is 19.6 Å². The van der Waals surface area contributed by atoms with E-state index in [4.69, 9.17) is 9.57 Å². The summed E-state index contributed by atoms with van der Waals surface area (Å²) in [4.78, 5) is 35.0. The third-order valence-corrected chi connectivity index (χ3v) is 6.21. The van der Waals surface area contributed by atoms with Crippen LogP contribution in [-0.4, -0.2) is 74.8 Å². The van der Waals surface area contributed by atoms with Crippen LogP contribution in [0.25, 0.3) is 6.08 Å². The minimum absolute atomic E-state index is 0.123. The van der Waals surface area contributed by atoms with Gasteiger partial charge < -0.3 is 9.64 Å². The van der Waals surface area contributed by atoms with Gasteiger partial charge in [-0.25, -0.2) is 5.06 Å². The van der Waals surface area contributed by atoms with Crippen molar-refractivity contribution >= 4 is 23.6 Å². The molecule has 2 aliphatic rings. The van der Waals surface area contributed by atoms with Gasteiger partial charge in [0.1, 0.15) is 0 Å². The highest BCUT2D eigenvalue weighted by Gasteiger charge is 2.58. The van der Waals surface area contributed by atoms with Gasteiger partial charge in [0.2, 0.25) is 5.91 Å². The Morgan fingerprint density at radius 1 is 1.23 bits per heavy atom. The number of carbonyl (C=O) groups is 2. The summed E-state index contributed by atoms with van der Waals surface area (Å²) in [6.45, 7) is 4.69. The molecular formula is C23H33N3O4. The molecule has 0 bridgehead atoms. The predicted octanol–water partition coefficient (Wildman–Crippen LogP) is 2.57. The van der Waals surface area contributed by atoms with Gasteiger partial charge in [0, 0.05) is 45.8 Å². The number of hydrogen-bond acceptors (Lipinski definition) is 6. The lowest BCUT2D eigenvalue weighted by atomic mass is 9.77. The quantitative estimate of drug-likeness (QED) is 0.638. The summed E-state index contributed by atoms with van der Waals surface area (Å²) in [5.74, 6) is -0.906. The summed E-state index contributed by atoms with van der Waals surface area (Å²) in [6.07, 6.45) is 5.86.